The highest BCUT2D eigenvalue weighted by atomic mass is 19.1. The standard InChI is InChI=1S/C24H27F2N7O/c1-3-31-23(27)19-12-34-11-18(15-4-6-16(25)7-5-15)22(19)32(24(31)28)17-8-9-21(20(26)10-17)33-14(2)29-13-30-33/h4-10,13,18,23-24H,3,11-12,27-28H2,1-2H3. The number of hydrogen-bond donors (Lipinski definition) is 2. The predicted octanol–water partition coefficient (Wildman–Crippen LogP) is 2.59. The van der Waals surface area contributed by atoms with Crippen LogP contribution in [0.5, 0.6) is 0 Å². The first-order valence-corrected chi connectivity index (χ1v) is 11.2. The van der Waals surface area contributed by atoms with Gasteiger partial charge in [-0.05, 0) is 42.8 Å². The zero-order chi connectivity index (χ0) is 24.0. The van der Waals surface area contributed by atoms with Crippen molar-refractivity contribution in [1.82, 2.24) is 19.7 Å². The number of aryl methyl sites for hydroxylation is 1. The van der Waals surface area contributed by atoms with Gasteiger partial charge in [0, 0.05) is 29.4 Å². The maximum atomic E-state index is 15.3. The summed E-state index contributed by atoms with van der Waals surface area (Å²) in [5.41, 5.74) is 16.8. The lowest BCUT2D eigenvalue weighted by atomic mass is 9.87. The van der Waals surface area contributed by atoms with Gasteiger partial charge in [0.1, 0.15) is 29.9 Å². The summed E-state index contributed by atoms with van der Waals surface area (Å²) in [4.78, 5) is 7.93. The molecule has 1 aromatic heterocycles. The molecular formula is C24H27F2N7O. The van der Waals surface area contributed by atoms with Gasteiger partial charge in [0.15, 0.2) is 5.82 Å². The van der Waals surface area contributed by atoms with Crippen LogP contribution < -0.4 is 16.4 Å². The minimum atomic E-state index is -0.627. The van der Waals surface area contributed by atoms with Gasteiger partial charge in [0.2, 0.25) is 0 Å². The second-order valence-electron chi connectivity index (χ2n) is 8.44. The van der Waals surface area contributed by atoms with E-state index >= 15 is 4.39 Å². The number of likely N-dealkylation sites (N-methyl/N-ethyl adjacent to an activating group) is 1. The van der Waals surface area contributed by atoms with E-state index in [0.29, 0.717) is 37.0 Å². The van der Waals surface area contributed by atoms with Gasteiger partial charge in [-0.15, -0.1) is 0 Å². The molecule has 178 valence electrons. The predicted molar refractivity (Wildman–Crippen MR) is 124 cm³/mol. The molecule has 5 rings (SSSR count). The van der Waals surface area contributed by atoms with Crippen LogP contribution in [0.15, 0.2) is 60.1 Å². The molecule has 4 N–H and O–H groups in total. The Morgan fingerprint density at radius 2 is 1.88 bits per heavy atom. The summed E-state index contributed by atoms with van der Waals surface area (Å²) in [5, 5.41) is 4.11. The largest absolute Gasteiger partial charge is 0.376 e. The molecule has 8 nitrogen and oxygen atoms in total. The van der Waals surface area contributed by atoms with E-state index in [1.165, 1.54) is 29.2 Å². The van der Waals surface area contributed by atoms with Gasteiger partial charge in [-0.3, -0.25) is 10.6 Å². The van der Waals surface area contributed by atoms with Crippen molar-refractivity contribution in [2.75, 3.05) is 24.7 Å². The summed E-state index contributed by atoms with van der Waals surface area (Å²) in [6.07, 6.45) is 0.311. The molecule has 3 aromatic rings. The number of nitrogens with two attached hydrogens (primary N) is 2. The molecule has 3 heterocycles. The Morgan fingerprint density at radius 3 is 2.53 bits per heavy atom. The van der Waals surface area contributed by atoms with Crippen LogP contribution in [-0.4, -0.2) is 51.9 Å². The van der Waals surface area contributed by atoms with Crippen molar-refractivity contribution < 1.29 is 13.5 Å². The van der Waals surface area contributed by atoms with E-state index < -0.39 is 18.3 Å². The number of ether oxygens (including phenoxy) is 1. The van der Waals surface area contributed by atoms with E-state index in [0.717, 1.165) is 16.8 Å². The van der Waals surface area contributed by atoms with Gasteiger partial charge in [0.25, 0.3) is 0 Å². The molecule has 0 amide bonds. The first kappa shape index (κ1) is 22.6. The fourth-order valence-electron chi connectivity index (χ4n) is 4.86. The van der Waals surface area contributed by atoms with E-state index in [1.807, 2.05) is 22.8 Å². The molecule has 0 aliphatic carbocycles. The van der Waals surface area contributed by atoms with Crippen LogP contribution >= 0.6 is 0 Å². The highest BCUT2D eigenvalue weighted by Crippen LogP contribution is 2.41. The van der Waals surface area contributed by atoms with Crippen LogP contribution in [0.2, 0.25) is 0 Å². The summed E-state index contributed by atoms with van der Waals surface area (Å²) in [5.74, 6) is -0.429. The minimum Gasteiger partial charge on any atom is -0.376 e. The Balaban J connectivity index is 1.64. The van der Waals surface area contributed by atoms with E-state index in [-0.39, 0.29) is 11.7 Å². The molecule has 10 heteroatoms. The second-order valence-corrected chi connectivity index (χ2v) is 8.44. The normalized spacial score (nSPS) is 23.4. The van der Waals surface area contributed by atoms with E-state index in [4.69, 9.17) is 16.2 Å². The van der Waals surface area contributed by atoms with E-state index in [2.05, 4.69) is 10.1 Å². The Morgan fingerprint density at radius 1 is 1.12 bits per heavy atom. The number of benzene rings is 2. The van der Waals surface area contributed by atoms with Crippen molar-refractivity contribution in [1.29, 1.82) is 0 Å². The van der Waals surface area contributed by atoms with E-state index in [9.17, 15) is 4.39 Å². The molecule has 2 aromatic carbocycles. The first-order chi connectivity index (χ1) is 16.4. The number of rotatable bonds is 4. The lowest BCUT2D eigenvalue weighted by Gasteiger charge is -2.51. The molecule has 2 aliphatic rings. The fraction of sp³-hybridized carbons (Fsp3) is 0.333. The smallest absolute Gasteiger partial charge is 0.151 e. The molecule has 0 fully saturated rings. The number of nitrogens with zero attached hydrogens (tertiary/aromatic N) is 5. The topological polar surface area (TPSA) is 98.5 Å². The number of halogens is 2. The van der Waals surface area contributed by atoms with Crippen LogP contribution in [0, 0.1) is 18.6 Å². The molecule has 0 saturated heterocycles. The summed E-state index contributed by atoms with van der Waals surface area (Å²) in [6, 6.07) is 11.2. The maximum absolute atomic E-state index is 15.3. The van der Waals surface area contributed by atoms with Crippen molar-refractivity contribution in [3.8, 4) is 5.69 Å². The van der Waals surface area contributed by atoms with Gasteiger partial charge >= 0.3 is 0 Å². The Hall–Kier alpha value is -3.18. The van der Waals surface area contributed by atoms with Crippen molar-refractivity contribution >= 4 is 5.69 Å². The minimum absolute atomic E-state index is 0.235. The summed E-state index contributed by atoms with van der Waals surface area (Å²) in [6.45, 7) is 5.04. The summed E-state index contributed by atoms with van der Waals surface area (Å²) >= 11 is 0. The number of anilines is 1. The summed E-state index contributed by atoms with van der Waals surface area (Å²) in [7, 11) is 0. The van der Waals surface area contributed by atoms with Gasteiger partial charge in [-0.2, -0.15) is 5.10 Å². The highest BCUT2D eigenvalue weighted by Gasteiger charge is 2.42. The Labute approximate surface area is 196 Å². The number of hydrogen-bond acceptors (Lipinski definition) is 7. The number of aromatic nitrogens is 3. The van der Waals surface area contributed by atoms with Crippen LogP contribution in [0.3, 0.4) is 0 Å². The second kappa shape index (κ2) is 8.88. The Bertz CT molecular complexity index is 1230. The van der Waals surface area contributed by atoms with Crippen LogP contribution in [0.4, 0.5) is 14.5 Å². The van der Waals surface area contributed by atoms with Gasteiger partial charge in [0.05, 0.1) is 19.4 Å². The molecule has 34 heavy (non-hydrogen) atoms. The average molecular weight is 468 g/mol. The lowest BCUT2D eigenvalue weighted by Crippen LogP contribution is -2.65. The van der Waals surface area contributed by atoms with Crippen molar-refractivity contribution in [2.45, 2.75) is 32.2 Å². The molecule has 0 saturated carbocycles. The molecule has 0 bridgehead atoms. The molecule has 2 aliphatic heterocycles. The highest BCUT2D eigenvalue weighted by molar-refractivity contribution is 5.61. The molecule has 0 radical (unpaired) electrons. The summed E-state index contributed by atoms with van der Waals surface area (Å²) < 4.78 is 36.3. The zero-order valence-electron chi connectivity index (χ0n) is 19.0. The third-order valence-electron chi connectivity index (χ3n) is 6.57. The molecular weight excluding hydrogens is 440 g/mol. The van der Waals surface area contributed by atoms with Crippen LogP contribution in [0.1, 0.15) is 24.2 Å². The van der Waals surface area contributed by atoms with Gasteiger partial charge in [-0.1, -0.05) is 19.1 Å². The molecule has 3 unspecified atom stereocenters. The van der Waals surface area contributed by atoms with Gasteiger partial charge < -0.3 is 15.4 Å². The SMILES string of the molecule is CCN1C(N)C2=C(C(c3ccc(F)cc3)COC2)N(c2ccc(-n3ncnc3C)c(F)c2)C1N. The monoisotopic (exact) mass is 467 g/mol. The molecule has 3 atom stereocenters. The third-order valence-corrected chi connectivity index (χ3v) is 6.57. The van der Waals surface area contributed by atoms with Crippen LogP contribution in [0.25, 0.3) is 5.69 Å². The zero-order valence-corrected chi connectivity index (χ0v) is 19.0. The first-order valence-electron chi connectivity index (χ1n) is 11.2. The van der Waals surface area contributed by atoms with Gasteiger partial charge in [-0.25, -0.2) is 18.4 Å². The lowest BCUT2D eigenvalue weighted by molar-refractivity contribution is 0.0809. The Kier molecular flexibility index (Phi) is 5.90. The maximum Gasteiger partial charge on any atom is 0.151 e. The van der Waals surface area contributed by atoms with Crippen LogP contribution in [-0.2, 0) is 4.74 Å². The van der Waals surface area contributed by atoms with Crippen molar-refractivity contribution in [3.05, 3.63) is 83.1 Å². The average Bonchev–Trinajstić information content (AvgIpc) is 3.25. The van der Waals surface area contributed by atoms with E-state index in [1.54, 1.807) is 25.1 Å². The third kappa shape index (κ3) is 3.68. The quantitative estimate of drug-likeness (QED) is 0.609. The fourth-order valence-corrected chi connectivity index (χ4v) is 4.86. The van der Waals surface area contributed by atoms with Crippen molar-refractivity contribution in [2.24, 2.45) is 11.5 Å². The van der Waals surface area contributed by atoms with Crippen molar-refractivity contribution in [3.63, 3.8) is 0 Å². The molecule has 0 spiro atoms.